The highest BCUT2D eigenvalue weighted by atomic mass is 31.2. The van der Waals surface area contributed by atoms with E-state index < -0.39 is 7.14 Å². The molecular weight excluding hydrogens is 467 g/mol. The van der Waals surface area contributed by atoms with Gasteiger partial charge in [0, 0.05) is 44.6 Å². The highest BCUT2D eigenvalue weighted by Gasteiger charge is 2.33. The lowest BCUT2D eigenvalue weighted by molar-refractivity contribution is 0.474. The Hall–Kier alpha value is -4.40. The van der Waals surface area contributed by atoms with Crippen molar-refractivity contribution in [3.8, 4) is 28.2 Å². The number of aromatic hydroxyl groups is 1. The molecule has 4 aromatic rings. The van der Waals surface area contributed by atoms with Crippen LogP contribution in [0.25, 0.3) is 33.4 Å². The van der Waals surface area contributed by atoms with Crippen molar-refractivity contribution in [2.24, 2.45) is 0 Å². The fourth-order valence-electron chi connectivity index (χ4n) is 4.81. The van der Waals surface area contributed by atoms with Crippen molar-refractivity contribution in [3.63, 3.8) is 0 Å². The van der Waals surface area contributed by atoms with Gasteiger partial charge in [0.05, 0.1) is 0 Å². The molecule has 0 amide bonds. The molecule has 0 fully saturated rings. The molecule has 5 heteroatoms. The molecule has 0 aromatic heterocycles. The lowest BCUT2D eigenvalue weighted by Gasteiger charge is -2.24. The van der Waals surface area contributed by atoms with Crippen LogP contribution < -0.4 is 21.3 Å². The molecule has 1 heterocycles. The summed E-state index contributed by atoms with van der Waals surface area (Å²) in [5.74, 6) is 0.460. The Morgan fingerprint density at radius 3 is 1.97 bits per heavy atom. The number of phenolic OH excluding ortho intramolecular Hbond substituents is 1. The van der Waals surface area contributed by atoms with Crippen LogP contribution in [0.2, 0.25) is 0 Å². The van der Waals surface area contributed by atoms with Crippen molar-refractivity contribution >= 4 is 34.0 Å². The van der Waals surface area contributed by atoms with Crippen LogP contribution >= 0.6 is 7.14 Å². The predicted molar refractivity (Wildman–Crippen MR) is 146 cm³/mol. The highest BCUT2D eigenvalue weighted by molar-refractivity contribution is 7.85. The highest BCUT2D eigenvalue weighted by Crippen LogP contribution is 2.48. The number of phenols is 1. The number of fused-ring (bicyclic) bond motifs is 2. The average molecular weight is 488 g/mol. The molecule has 174 valence electrons. The Labute approximate surface area is 207 Å². The zero-order valence-corrected chi connectivity index (χ0v) is 20.1. The van der Waals surface area contributed by atoms with E-state index in [0.29, 0.717) is 16.6 Å². The van der Waals surface area contributed by atoms with Crippen LogP contribution in [0.4, 0.5) is 0 Å². The fourth-order valence-corrected chi connectivity index (χ4v) is 7.67. The topological polar surface area (TPSA) is 67.5 Å². The predicted octanol–water partition coefficient (Wildman–Crippen LogP) is 5.91. The fraction of sp³-hybridized carbons (Fsp3) is 0. The number of hydrogen-bond acceptors (Lipinski definition) is 4. The maximum absolute atomic E-state index is 15.3. The molecule has 0 radical (unpaired) electrons. The second-order valence-electron chi connectivity index (χ2n) is 8.61. The molecule has 0 unspecified atom stereocenters. The van der Waals surface area contributed by atoms with E-state index in [4.69, 9.17) is 4.42 Å². The molecular formula is C31H21O4P. The third kappa shape index (κ3) is 3.55. The van der Waals surface area contributed by atoms with Crippen molar-refractivity contribution < 1.29 is 14.1 Å². The third-order valence-electron chi connectivity index (χ3n) is 6.43. The second kappa shape index (κ2) is 8.67. The molecule has 1 aliphatic heterocycles. The van der Waals surface area contributed by atoms with Gasteiger partial charge >= 0.3 is 0 Å². The van der Waals surface area contributed by atoms with Crippen LogP contribution in [0.3, 0.4) is 0 Å². The Morgan fingerprint density at radius 2 is 1.28 bits per heavy atom. The first kappa shape index (κ1) is 22.1. The number of hydrogen-bond donors (Lipinski definition) is 1. The van der Waals surface area contributed by atoms with Gasteiger partial charge in [-0.15, -0.1) is 0 Å². The third-order valence-corrected chi connectivity index (χ3v) is 9.55. The van der Waals surface area contributed by atoms with E-state index >= 15 is 4.57 Å². The van der Waals surface area contributed by atoms with Crippen molar-refractivity contribution in [1.29, 1.82) is 0 Å². The van der Waals surface area contributed by atoms with Crippen molar-refractivity contribution in [3.05, 3.63) is 132 Å². The smallest absolute Gasteiger partial charge is 0.182 e. The molecule has 1 aliphatic carbocycles. The lowest BCUT2D eigenvalue weighted by Crippen LogP contribution is -2.26. The summed E-state index contributed by atoms with van der Waals surface area (Å²) in [6, 6.07) is 36.4. The minimum atomic E-state index is -3.30. The Balaban J connectivity index is 1.76. The van der Waals surface area contributed by atoms with Crippen LogP contribution in [-0.2, 0) is 4.57 Å². The van der Waals surface area contributed by atoms with E-state index in [1.165, 1.54) is 18.2 Å². The van der Waals surface area contributed by atoms with Gasteiger partial charge in [-0.2, -0.15) is 0 Å². The zero-order chi connectivity index (χ0) is 24.7. The van der Waals surface area contributed by atoms with Gasteiger partial charge in [-0.25, -0.2) is 0 Å². The Kier molecular flexibility index (Phi) is 5.32. The number of rotatable bonds is 4. The van der Waals surface area contributed by atoms with E-state index in [1.807, 2.05) is 84.9 Å². The average Bonchev–Trinajstić information content (AvgIpc) is 2.92. The summed E-state index contributed by atoms with van der Waals surface area (Å²) in [6.45, 7) is 0. The molecule has 1 N–H and O–H groups in total. The molecule has 36 heavy (non-hydrogen) atoms. The lowest BCUT2D eigenvalue weighted by atomic mass is 9.93. The first-order valence-corrected chi connectivity index (χ1v) is 13.3. The summed E-state index contributed by atoms with van der Waals surface area (Å²) in [4.78, 5) is 12.2. The Bertz CT molecular complexity index is 1750. The molecule has 0 saturated carbocycles. The standard InChI is InChI=1S/C31H21O4P/c32-21-15-17-25-28(19-21)35-29-20-22(33)16-18-26(29)31(25)27-13-7-8-14-30(27)36(34,23-9-3-1-4-10-23)24-11-5-2-6-12-24/h1-20,32H. The van der Waals surface area contributed by atoms with Crippen molar-refractivity contribution in [1.82, 2.24) is 0 Å². The van der Waals surface area contributed by atoms with Gasteiger partial charge in [0.15, 0.2) is 12.6 Å². The summed E-state index contributed by atoms with van der Waals surface area (Å²) >= 11 is 0. The molecule has 0 spiro atoms. The molecule has 0 saturated heterocycles. The molecule has 0 atom stereocenters. The first-order chi connectivity index (χ1) is 17.6. The largest absolute Gasteiger partial charge is 0.508 e. The summed E-state index contributed by atoms with van der Waals surface area (Å²) in [5, 5.41) is 13.0. The molecule has 6 rings (SSSR count). The minimum Gasteiger partial charge on any atom is -0.508 e. The van der Waals surface area contributed by atoms with Crippen molar-refractivity contribution in [2.45, 2.75) is 0 Å². The van der Waals surface area contributed by atoms with Crippen LogP contribution in [0.1, 0.15) is 0 Å². The van der Waals surface area contributed by atoms with E-state index in [2.05, 4.69) is 0 Å². The summed E-state index contributed by atoms with van der Waals surface area (Å²) < 4.78 is 21.3. The monoisotopic (exact) mass is 488 g/mol. The molecule has 2 aliphatic rings. The molecule has 0 bridgehead atoms. The van der Waals surface area contributed by atoms with Crippen LogP contribution in [0.5, 0.6) is 5.75 Å². The van der Waals surface area contributed by atoms with E-state index in [0.717, 1.165) is 32.7 Å². The SMILES string of the molecule is O=c1ccc2c(-c3ccccc3P(=O)(c3ccccc3)c3ccccc3)c3ccc(O)cc3oc-2c1. The van der Waals surface area contributed by atoms with Gasteiger partial charge in [-0.05, 0) is 29.8 Å². The second-order valence-corrected chi connectivity index (χ2v) is 11.3. The van der Waals surface area contributed by atoms with E-state index in [-0.39, 0.29) is 11.2 Å². The van der Waals surface area contributed by atoms with Gasteiger partial charge in [0.1, 0.15) is 17.1 Å². The summed E-state index contributed by atoms with van der Waals surface area (Å²) in [6.07, 6.45) is 0. The van der Waals surface area contributed by atoms with E-state index in [9.17, 15) is 9.90 Å². The van der Waals surface area contributed by atoms with Gasteiger partial charge in [0.25, 0.3) is 0 Å². The summed E-state index contributed by atoms with van der Waals surface area (Å²) in [7, 11) is -3.30. The maximum Gasteiger partial charge on any atom is 0.182 e. The van der Waals surface area contributed by atoms with Gasteiger partial charge < -0.3 is 14.1 Å². The quantitative estimate of drug-likeness (QED) is 0.248. The minimum absolute atomic E-state index is 0.0577. The molecule has 4 nitrogen and oxygen atoms in total. The van der Waals surface area contributed by atoms with Crippen LogP contribution in [-0.4, -0.2) is 5.11 Å². The zero-order valence-electron chi connectivity index (χ0n) is 19.2. The van der Waals surface area contributed by atoms with E-state index in [1.54, 1.807) is 18.2 Å². The van der Waals surface area contributed by atoms with Gasteiger partial charge in [-0.3, -0.25) is 4.79 Å². The van der Waals surface area contributed by atoms with Crippen molar-refractivity contribution in [2.75, 3.05) is 0 Å². The molecule has 4 aromatic carbocycles. The van der Waals surface area contributed by atoms with Crippen LogP contribution in [0.15, 0.2) is 131 Å². The first-order valence-electron chi connectivity index (χ1n) is 11.6. The van der Waals surface area contributed by atoms with Gasteiger partial charge in [-0.1, -0.05) is 84.9 Å². The maximum atomic E-state index is 15.3. The number of benzene rings is 5. The van der Waals surface area contributed by atoms with Crippen LogP contribution in [0, 0.1) is 0 Å². The van der Waals surface area contributed by atoms with Gasteiger partial charge in [0.2, 0.25) is 0 Å². The summed E-state index contributed by atoms with van der Waals surface area (Å²) in [5.41, 5.74) is 2.57. The Morgan fingerprint density at radius 1 is 0.639 bits per heavy atom. The normalized spacial score (nSPS) is 11.7.